The highest BCUT2D eigenvalue weighted by Gasteiger charge is 2.21. The van der Waals surface area contributed by atoms with Gasteiger partial charge in [0.25, 0.3) is 0 Å². The summed E-state index contributed by atoms with van der Waals surface area (Å²) in [4.78, 5) is 0. The van der Waals surface area contributed by atoms with Gasteiger partial charge >= 0.3 is 0 Å². The van der Waals surface area contributed by atoms with E-state index in [1.165, 1.54) is 24.0 Å². The molecule has 88 valence electrons. The Morgan fingerprint density at radius 2 is 2.25 bits per heavy atom. The van der Waals surface area contributed by atoms with E-state index >= 15 is 0 Å². The molecule has 1 fully saturated rings. The molecule has 1 saturated heterocycles. The maximum Gasteiger partial charge on any atom is 0.115 e. The molecule has 2 rings (SSSR count). The number of aromatic hydroxyl groups is 1. The Bertz CT molecular complexity index is 362. The highest BCUT2D eigenvalue weighted by atomic mass is 16.3. The summed E-state index contributed by atoms with van der Waals surface area (Å²) < 4.78 is 0. The van der Waals surface area contributed by atoms with Crippen molar-refractivity contribution in [1.82, 2.24) is 5.32 Å². The summed E-state index contributed by atoms with van der Waals surface area (Å²) in [5.74, 6) is 1.01. The Hall–Kier alpha value is -1.02. The maximum atomic E-state index is 9.61. The van der Waals surface area contributed by atoms with Gasteiger partial charge < -0.3 is 10.4 Å². The summed E-state index contributed by atoms with van der Waals surface area (Å²) in [6, 6.07) is 6.41. The van der Waals surface area contributed by atoms with E-state index in [4.69, 9.17) is 0 Å². The van der Waals surface area contributed by atoms with Crippen molar-refractivity contribution in [2.75, 3.05) is 6.54 Å². The predicted octanol–water partition coefficient (Wildman–Crippen LogP) is 2.81. The van der Waals surface area contributed by atoms with Crippen LogP contribution in [0.2, 0.25) is 0 Å². The monoisotopic (exact) mass is 219 g/mol. The normalized spacial score (nSPS) is 25.6. The minimum Gasteiger partial charge on any atom is -0.508 e. The van der Waals surface area contributed by atoms with Crippen molar-refractivity contribution in [2.45, 2.75) is 45.1 Å². The van der Waals surface area contributed by atoms with Crippen molar-refractivity contribution < 1.29 is 5.11 Å². The maximum absolute atomic E-state index is 9.61. The van der Waals surface area contributed by atoms with E-state index in [0.29, 0.717) is 17.7 Å². The minimum atomic E-state index is 0.401. The van der Waals surface area contributed by atoms with Crippen LogP contribution in [-0.4, -0.2) is 17.7 Å². The van der Waals surface area contributed by atoms with E-state index in [0.717, 1.165) is 13.0 Å². The molecule has 1 aromatic carbocycles. The molecule has 0 aromatic heterocycles. The highest BCUT2D eigenvalue weighted by molar-refractivity contribution is 5.37. The Labute approximate surface area is 97.7 Å². The summed E-state index contributed by atoms with van der Waals surface area (Å²) in [6.07, 6.45) is 3.41. The molecule has 0 amide bonds. The molecule has 2 heteroatoms. The van der Waals surface area contributed by atoms with Crippen LogP contribution in [0, 0.1) is 0 Å². The summed E-state index contributed by atoms with van der Waals surface area (Å²) in [7, 11) is 0. The van der Waals surface area contributed by atoms with Gasteiger partial charge in [-0.25, -0.2) is 0 Å². The van der Waals surface area contributed by atoms with Crippen molar-refractivity contribution in [1.29, 1.82) is 0 Å². The molecule has 0 spiro atoms. The molecule has 1 aromatic rings. The first-order chi connectivity index (χ1) is 7.70. The van der Waals surface area contributed by atoms with Crippen molar-refractivity contribution in [3.63, 3.8) is 0 Å². The Morgan fingerprint density at radius 1 is 1.44 bits per heavy atom. The lowest BCUT2D eigenvalue weighted by Crippen LogP contribution is -2.35. The average molecular weight is 219 g/mol. The lowest BCUT2D eigenvalue weighted by Gasteiger charge is -2.29. The van der Waals surface area contributed by atoms with Crippen LogP contribution in [0.1, 0.15) is 43.7 Å². The van der Waals surface area contributed by atoms with Gasteiger partial charge in [0.1, 0.15) is 5.75 Å². The lowest BCUT2D eigenvalue weighted by molar-refractivity contribution is 0.378. The standard InChI is InChI=1S/C14H21NO/c1-3-11-4-5-13(16)9-14(11)12-6-7-15-10(2)8-12/h4-5,9-10,12,15-16H,3,6-8H2,1-2H3. The molecule has 2 atom stereocenters. The second-order valence-corrected chi connectivity index (χ2v) is 4.81. The van der Waals surface area contributed by atoms with E-state index in [9.17, 15) is 5.11 Å². The molecular formula is C14H21NO. The highest BCUT2D eigenvalue weighted by Crippen LogP contribution is 2.32. The number of phenolic OH excluding ortho intramolecular Hbond substituents is 1. The minimum absolute atomic E-state index is 0.401. The van der Waals surface area contributed by atoms with E-state index < -0.39 is 0 Å². The third-order valence-electron chi connectivity index (χ3n) is 3.57. The van der Waals surface area contributed by atoms with Gasteiger partial charge in [0.2, 0.25) is 0 Å². The molecule has 1 heterocycles. The third-order valence-corrected chi connectivity index (χ3v) is 3.57. The number of nitrogens with one attached hydrogen (secondary N) is 1. The van der Waals surface area contributed by atoms with Gasteiger partial charge in [-0.1, -0.05) is 13.0 Å². The fourth-order valence-corrected chi connectivity index (χ4v) is 2.70. The first kappa shape index (κ1) is 11.5. The summed E-state index contributed by atoms with van der Waals surface area (Å²) in [5.41, 5.74) is 2.74. The predicted molar refractivity (Wildman–Crippen MR) is 66.9 cm³/mol. The molecule has 0 radical (unpaired) electrons. The molecule has 2 nitrogen and oxygen atoms in total. The van der Waals surface area contributed by atoms with E-state index in [1.54, 1.807) is 6.07 Å². The first-order valence-electron chi connectivity index (χ1n) is 6.26. The Balaban J connectivity index is 2.26. The largest absolute Gasteiger partial charge is 0.508 e. The van der Waals surface area contributed by atoms with Gasteiger partial charge in [0.05, 0.1) is 0 Å². The molecule has 0 aliphatic carbocycles. The Morgan fingerprint density at radius 3 is 2.94 bits per heavy atom. The van der Waals surface area contributed by atoms with Gasteiger partial charge in [0.15, 0.2) is 0 Å². The topological polar surface area (TPSA) is 32.3 Å². The van der Waals surface area contributed by atoms with Crippen molar-refractivity contribution >= 4 is 0 Å². The molecule has 0 saturated carbocycles. The molecular weight excluding hydrogens is 198 g/mol. The molecule has 0 bridgehead atoms. The number of rotatable bonds is 2. The van der Waals surface area contributed by atoms with Gasteiger partial charge in [0, 0.05) is 6.04 Å². The smallest absolute Gasteiger partial charge is 0.115 e. The van der Waals surface area contributed by atoms with Crippen LogP contribution in [0.5, 0.6) is 5.75 Å². The number of hydrogen-bond acceptors (Lipinski definition) is 2. The number of benzene rings is 1. The van der Waals surface area contributed by atoms with Gasteiger partial charge in [-0.2, -0.15) is 0 Å². The molecule has 1 aliphatic heterocycles. The zero-order valence-electron chi connectivity index (χ0n) is 10.2. The molecule has 16 heavy (non-hydrogen) atoms. The second-order valence-electron chi connectivity index (χ2n) is 4.81. The fraction of sp³-hybridized carbons (Fsp3) is 0.571. The second kappa shape index (κ2) is 4.88. The third kappa shape index (κ3) is 2.38. The fourth-order valence-electron chi connectivity index (χ4n) is 2.70. The molecule has 1 aliphatic rings. The number of hydrogen-bond donors (Lipinski definition) is 2. The van der Waals surface area contributed by atoms with Crippen LogP contribution in [0.25, 0.3) is 0 Å². The zero-order chi connectivity index (χ0) is 11.5. The average Bonchev–Trinajstić information content (AvgIpc) is 2.29. The summed E-state index contributed by atoms with van der Waals surface area (Å²) in [6.45, 7) is 5.51. The quantitative estimate of drug-likeness (QED) is 0.801. The molecule has 2 N–H and O–H groups in total. The van der Waals surface area contributed by atoms with Crippen LogP contribution < -0.4 is 5.32 Å². The van der Waals surface area contributed by atoms with E-state index in [2.05, 4.69) is 25.2 Å². The van der Waals surface area contributed by atoms with Crippen molar-refractivity contribution in [3.8, 4) is 5.75 Å². The van der Waals surface area contributed by atoms with E-state index in [-0.39, 0.29) is 0 Å². The number of phenols is 1. The van der Waals surface area contributed by atoms with Crippen LogP contribution in [-0.2, 0) is 6.42 Å². The summed E-state index contributed by atoms with van der Waals surface area (Å²) >= 11 is 0. The number of aryl methyl sites for hydroxylation is 1. The SMILES string of the molecule is CCc1ccc(O)cc1C1CCNC(C)C1. The molecule has 2 unspecified atom stereocenters. The summed E-state index contributed by atoms with van der Waals surface area (Å²) in [5, 5.41) is 13.1. The van der Waals surface area contributed by atoms with Crippen molar-refractivity contribution in [3.05, 3.63) is 29.3 Å². The lowest BCUT2D eigenvalue weighted by atomic mass is 9.84. The van der Waals surface area contributed by atoms with Gasteiger partial charge in [-0.05, 0) is 61.9 Å². The van der Waals surface area contributed by atoms with Crippen LogP contribution in [0.3, 0.4) is 0 Å². The Kier molecular flexibility index (Phi) is 3.49. The van der Waals surface area contributed by atoms with E-state index in [1.807, 2.05) is 6.07 Å². The first-order valence-corrected chi connectivity index (χ1v) is 6.26. The van der Waals surface area contributed by atoms with Crippen molar-refractivity contribution in [2.24, 2.45) is 0 Å². The van der Waals surface area contributed by atoms with Crippen LogP contribution >= 0.6 is 0 Å². The van der Waals surface area contributed by atoms with Crippen LogP contribution in [0.4, 0.5) is 0 Å². The van der Waals surface area contributed by atoms with Crippen LogP contribution in [0.15, 0.2) is 18.2 Å². The zero-order valence-corrected chi connectivity index (χ0v) is 10.2. The van der Waals surface area contributed by atoms with Gasteiger partial charge in [-0.15, -0.1) is 0 Å². The van der Waals surface area contributed by atoms with Gasteiger partial charge in [-0.3, -0.25) is 0 Å². The number of piperidine rings is 1.